The van der Waals surface area contributed by atoms with E-state index in [0.29, 0.717) is 48.2 Å². The van der Waals surface area contributed by atoms with Gasteiger partial charge in [0.2, 0.25) is 5.75 Å². The van der Waals surface area contributed by atoms with Gasteiger partial charge in [-0.15, -0.1) is 0 Å². The van der Waals surface area contributed by atoms with Crippen molar-refractivity contribution in [2.24, 2.45) is 5.92 Å². The molecule has 1 atom stereocenters. The average molecular weight is 348 g/mol. The number of benzene rings is 1. The largest absolute Gasteiger partial charge is 0.493 e. The molecule has 7 nitrogen and oxygen atoms in total. The number of methoxy groups -OCH3 is 3. The summed E-state index contributed by atoms with van der Waals surface area (Å²) in [5, 5.41) is 0. The Bertz CT molecular complexity index is 695. The van der Waals surface area contributed by atoms with Crippen molar-refractivity contribution in [3.8, 4) is 17.2 Å². The molecule has 25 heavy (non-hydrogen) atoms. The first-order valence-electron chi connectivity index (χ1n) is 7.83. The van der Waals surface area contributed by atoms with Crippen LogP contribution in [0, 0.1) is 5.92 Å². The number of carbonyl (C=O) groups is 1. The zero-order valence-electron chi connectivity index (χ0n) is 14.4. The van der Waals surface area contributed by atoms with Crippen molar-refractivity contribution >= 4 is 12.0 Å². The lowest BCUT2D eigenvalue weighted by atomic mass is 9.95. The van der Waals surface area contributed by atoms with Crippen molar-refractivity contribution in [1.82, 2.24) is 0 Å². The van der Waals surface area contributed by atoms with Gasteiger partial charge in [-0.25, -0.2) is 4.79 Å². The Morgan fingerprint density at radius 2 is 1.88 bits per heavy atom. The Morgan fingerprint density at radius 1 is 1.16 bits per heavy atom. The minimum absolute atomic E-state index is 0.0976. The molecule has 1 unspecified atom stereocenters. The Kier molecular flexibility index (Phi) is 5.14. The molecule has 2 heterocycles. The van der Waals surface area contributed by atoms with Gasteiger partial charge in [0, 0.05) is 17.9 Å². The maximum atomic E-state index is 12.1. The van der Waals surface area contributed by atoms with Crippen LogP contribution >= 0.6 is 0 Å². The normalized spacial score (nSPS) is 20.9. The molecule has 1 fully saturated rings. The smallest absolute Gasteiger partial charge is 0.334 e. The van der Waals surface area contributed by atoms with Crippen molar-refractivity contribution in [2.75, 3.05) is 34.5 Å². The minimum Gasteiger partial charge on any atom is -0.493 e. The Hall–Kier alpha value is -2.67. The second-order valence-electron chi connectivity index (χ2n) is 5.60. The van der Waals surface area contributed by atoms with E-state index in [1.54, 1.807) is 39.5 Å². The molecule has 0 amide bonds. The predicted molar refractivity (Wildman–Crippen MR) is 88.3 cm³/mol. The summed E-state index contributed by atoms with van der Waals surface area (Å²) in [7, 11) is 4.63. The third kappa shape index (κ3) is 3.56. The molecule has 3 rings (SSSR count). The summed E-state index contributed by atoms with van der Waals surface area (Å²) in [5.74, 6) is 1.81. The Labute approximate surface area is 145 Å². The van der Waals surface area contributed by atoms with E-state index in [2.05, 4.69) is 0 Å². The van der Waals surface area contributed by atoms with E-state index in [4.69, 9.17) is 28.7 Å². The molecule has 0 bridgehead atoms. The number of cyclic esters (lactones) is 1. The molecule has 0 N–H and O–H groups in total. The molecule has 1 saturated heterocycles. The van der Waals surface area contributed by atoms with E-state index in [1.165, 1.54) is 0 Å². The third-order valence-corrected chi connectivity index (χ3v) is 4.09. The number of esters is 1. The van der Waals surface area contributed by atoms with E-state index in [1.807, 2.05) is 6.08 Å². The molecule has 0 aromatic heterocycles. The Balaban J connectivity index is 1.92. The van der Waals surface area contributed by atoms with Gasteiger partial charge in [-0.3, -0.25) is 0 Å². The highest BCUT2D eigenvalue weighted by atomic mass is 17.2. The maximum absolute atomic E-state index is 12.1. The van der Waals surface area contributed by atoms with Crippen LogP contribution in [-0.4, -0.2) is 40.5 Å². The summed E-state index contributed by atoms with van der Waals surface area (Å²) in [6, 6.07) is 3.57. The average Bonchev–Trinajstić information content (AvgIpc) is 3.26. The van der Waals surface area contributed by atoms with Gasteiger partial charge in [-0.05, 0) is 29.8 Å². The third-order valence-electron chi connectivity index (χ3n) is 4.09. The SMILES string of the molecule is COc1cc(C=C2C(=O)OCC2CC2=CCOO2)cc(OC)c1OC. The second kappa shape index (κ2) is 7.48. The summed E-state index contributed by atoms with van der Waals surface area (Å²) in [5.41, 5.74) is 1.33. The summed E-state index contributed by atoms with van der Waals surface area (Å²) in [6.07, 6.45) is 4.17. The molecule has 1 aromatic carbocycles. The van der Waals surface area contributed by atoms with Crippen LogP contribution < -0.4 is 14.2 Å². The molecule has 0 spiro atoms. The van der Waals surface area contributed by atoms with E-state index in [9.17, 15) is 4.79 Å². The van der Waals surface area contributed by atoms with Gasteiger partial charge in [0.25, 0.3) is 0 Å². The summed E-state index contributed by atoms with van der Waals surface area (Å²) in [4.78, 5) is 22.0. The van der Waals surface area contributed by atoms with Crippen LogP contribution in [0.5, 0.6) is 17.2 Å². The number of ether oxygens (including phenoxy) is 4. The predicted octanol–water partition coefficient (Wildman–Crippen LogP) is 2.50. The molecular weight excluding hydrogens is 328 g/mol. The van der Waals surface area contributed by atoms with E-state index in [-0.39, 0.29) is 11.9 Å². The van der Waals surface area contributed by atoms with Crippen LogP contribution in [0.3, 0.4) is 0 Å². The van der Waals surface area contributed by atoms with Gasteiger partial charge >= 0.3 is 5.97 Å². The first-order chi connectivity index (χ1) is 12.2. The fourth-order valence-corrected chi connectivity index (χ4v) is 2.86. The van der Waals surface area contributed by atoms with Gasteiger partial charge in [-0.2, -0.15) is 4.89 Å². The first kappa shape index (κ1) is 17.2. The molecule has 0 saturated carbocycles. The van der Waals surface area contributed by atoms with Gasteiger partial charge in [-0.1, -0.05) is 0 Å². The maximum Gasteiger partial charge on any atom is 0.334 e. The van der Waals surface area contributed by atoms with Crippen LogP contribution in [0.1, 0.15) is 12.0 Å². The lowest BCUT2D eigenvalue weighted by molar-refractivity contribution is -0.236. The minimum atomic E-state index is -0.335. The topological polar surface area (TPSA) is 72.5 Å². The monoisotopic (exact) mass is 348 g/mol. The summed E-state index contributed by atoms with van der Waals surface area (Å²) >= 11 is 0. The number of allylic oxidation sites excluding steroid dienone is 1. The number of carbonyl (C=O) groups excluding carboxylic acids is 1. The van der Waals surface area contributed by atoms with Crippen LogP contribution in [0.4, 0.5) is 0 Å². The molecule has 134 valence electrons. The first-order valence-corrected chi connectivity index (χ1v) is 7.83. The highest BCUT2D eigenvalue weighted by Gasteiger charge is 2.32. The van der Waals surface area contributed by atoms with Crippen molar-refractivity contribution in [1.29, 1.82) is 0 Å². The molecule has 2 aliphatic rings. The molecule has 7 heteroatoms. The van der Waals surface area contributed by atoms with Gasteiger partial charge in [0.05, 0.1) is 27.9 Å². The fourth-order valence-electron chi connectivity index (χ4n) is 2.86. The van der Waals surface area contributed by atoms with Crippen molar-refractivity contribution in [2.45, 2.75) is 6.42 Å². The lowest BCUT2D eigenvalue weighted by Gasteiger charge is -2.13. The van der Waals surface area contributed by atoms with Gasteiger partial charge < -0.3 is 23.8 Å². The quantitative estimate of drug-likeness (QED) is 0.444. The number of hydrogen-bond acceptors (Lipinski definition) is 7. The molecule has 0 radical (unpaired) electrons. The fraction of sp³-hybridized carbons (Fsp3) is 0.389. The molecular formula is C18H20O7. The van der Waals surface area contributed by atoms with E-state index < -0.39 is 0 Å². The van der Waals surface area contributed by atoms with Gasteiger partial charge in [0.1, 0.15) is 12.4 Å². The zero-order valence-corrected chi connectivity index (χ0v) is 14.4. The van der Waals surface area contributed by atoms with Crippen LogP contribution in [0.25, 0.3) is 6.08 Å². The highest BCUT2D eigenvalue weighted by molar-refractivity contribution is 5.96. The standard InChI is InChI=1S/C18H20O7/c1-20-15-7-11(8-16(21-2)17(15)22-3)6-14-12(10-23-18(14)19)9-13-4-5-24-25-13/h4,6-8,12H,5,9-10H2,1-3H3. The van der Waals surface area contributed by atoms with Gasteiger partial charge in [0.15, 0.2) is 11.5 Å². The summed E-state index contributed by atoms with van der Waals surface area (Å²) in [6.45, 7) is 0.735. The lowest BCUT2D eigenvalue weighted by Crippen LogP contribution is -2.05. The van der Waals surface area contributed by atoms with Crippen LogP contribution in [0.15, 0.2) is 29.5 Å². The van der Waals surface area contributed by atoms with Crippen molar-refractivity contribution in [3.63, 3.8) is 0 Å². The van der Waals surface area contributed by atoms with Crippen molar-refractivity contribution < 1.29 is 33.5 Å². The molecule has 2 aliphatic heterocycles. The molecule has 0 aliphatic carbocycles. The van der Waals surface area contributed by atoms with Crippen LogP contribution in [-0.2, 0) is 19.3 Å². The number of hydrogen-bond donors (Lipinski definition) is 0. The summed E-state index contributed by atoms with van der Waals surface area (Å²) < 4.78 is 21.2. The van der Waals surface area contributed by atoms with E-state index >= 15 is 0 Å². The second-order valence-corrected chi connectivity index (χ2v) is 5.60. The highest BCUT2D eigenvalue weighted by Crippen LogP contribution is 2.39. The van der Waals surface area contributed by atoms with Crippen molar-refractivity contribution in [3.05, 3.63) is 35.1 Å². The number of rotatable bonds is 6. The Morgan fingerprint density at radius 3 is 2.44 bits per heavy atom. The zero-order chi connectivity index (χ0) is 17.8. The molecule has 1 aromatic rings. The van der Waals surface area contributed by atoms with E-state index in [0.717, 1.165) is 5.56 Å². The van der Waals surface area contributed by atoms with Crippen LogP contribution in [0.2, 0.25) is 0 Å².